The third kappa shape index (κ3) is 3.53. The van der Waals surface area contributed by atoms with Crippen molar-refractivity contribution in [3.05, 3.63) is 28.2 Å². The average Bonchev–Trinajstić information content (AvgIpc) is 2.17. The number of nitrogen functional groups attached to an aromatic ring is 1. The first-order valence-corrected chi connectivity index (χ1v) is 5.31. The first-order chi connectivity index (χ1) is 7.15. The van der Waals surface area contributed by atoms with Crippen molar-refractivity contribution >= 4 is 27.5 Å². The molecule has 5 heteroatoms. The Hall–Kier alpha value is -1.07. The van der Waals surface area contributed by atoms with Crippen LogP contribution < -0.4 is 11.1 Å². The van der Waals surface area contributed by atoms with Gasteiger partial charge in [0.25, 0.3) is 0 Å². The number of benzene rings is 1. The number of nitrogens with two attached hydrogens (primary N) is 1. The van der Waals surface area contributed by atoms with Crippen LogP contribution in [0.4, 0.5) is 5.69 Å². The highest BCUT2D eigenvalue weighted by molar-refractivity contribution is 9.10. The summed E-state index contributed by atoms with van der Waals surface area (Å²) in [4.78, 5) is 0. The molecule has 4 nitrogen and oxygen atoms in total. The lowest BCUT2D eigenvalue weighted by atomic mass is 10.2. The van der Waals surface area contributed by atoms with Crippen molar-refractivity contribution in [3.63, 3.8) is 0 Å². The molecule has 1 rings (SSSR count). The summed E-state index contributed by atoms with van der Waals surface area (Å²) in [6.07, 6.45) is 0. The highest BCUT2D eigenvalue weighted by Crippen LogP contribution is 2.20. The maximum absolute atomic E-state index is 7.32. The zero-order valence-corrected chi connectivity index (χ0v) is 10.1. The summed E-state index contributed by atoms with van der Waals surface area (Å²) in [5.74, 6) is 0.0605. The number of halogens is 1. The highest BCUT2D eigenvalue weighted by atomic mass is 79.9. The number of amidine groups is 1. The van der Waals surface area contributed by atoms with Gasteiger partial charge in [0.2, 0.25) is 0 Å². The van der Waals surface area contributed by atoms with E-state index in [-0.39, 0.29) is 5.84 Å². The van der Waals surface area contributed by atoms with Gasteiger partial charge in [-0.15, -0.1) is 0 Å². The van der Waals surface area contributed by atoms with E-state index < -0.39 is 0 Å². The van der Waals surface area contributed by atoms with Crippen molar-refractivity contribution < 1.29 is 4.74 Å². The second kappa shape index (κ2) is 5.72. The van der Waals surface area contributed by atoms with Crippen molar-refractivity contribution in [2.75, 3.05) is 25.6 Å². The summed E-state index contributed by atoms with van der Waals surface area (Å²) in [7, 11) is 1.66. The lowest BCUT2D eigenvalue weighted by Gasteiger charge is -2.08. The van der Waals surface area contributed by atoms with Gasteiger partial charge in [-0.25, -0.2) is 0 Å². The van der Waals surface area contributed by atoms with Crippen LogP contribution >= 0.6 is 15.9 Å². The normalized spacial score (nSPS) is 10.0. The number of methoxy groups -OCH3 is 1. The van der Waals surface area contributed by atoms with Crippen LogP contribution in [0, 0.1) is 5.41 Å². The highest BCUT2D eigenvalue weighted by Gasteiger charge is 2.03. The van der Waals surface area contributed by atoms with Crippen LogP contribution in [0.5, 0.6) is 0 Å². The lowest BCUT2D eigenvalue weighted by molar-refractivity contribution is 0.211. The van der Waals surface area contributed by atoms with Gasteiger partial charge in [-0.2, -0.15) is 0 Å². The molecule has 82 valence electrons. The Morgan fingerprint density at radius 3 is 2.87 bits per heavy atom. The van der Waals surface area contributed by atoms with Crippen LogP contribution in [0.3, 0.4) is 0 Å². The van der Waals surface area contributed by atoms with Crippen LogP contribution in [-0.4, -0.2) is 26.1 Å². The summed E-state index contributed by atoms with van der Waals surface area (Å²) in [5.41, 5.74) is 7.08. The predicted molar refractivity (Wildman–Crippen MR) is 65.5 cm³/mol. The standard InChI is InChI=1S/C10H14BrN3O/c1-15-5-4-14-7-2-3-8(10(12)13)9(11)6-7/h2-3,6,14H,4-5H2,1H3,(H3,12,13). The molecular formula is C10H14BrN3O. The topological polar surface area (TPSA) is 71.1 Å². The van der Waals surface area contributed by atoms with Gasteiger partial charge in [0.1, 0.15) is 5.84 Å². The number of hydrogen-bond donors (Lipinski definition) is 3. The van der Waals surface area contributed by atoms with E-state index in [2.05, 4.69) is 21.2 Å². The van der Waals surface area contributed by atoms with Gasteiger partial charge in [-0.1, -0.05) is 0 Å². The molecule has 0 fully saturated rings. The molecular weight excluding hydrogens is 258 g/mol. The molecule has 0 atom stereocenters. The fourth-order valence-corrected chi connectivity index (χ4v) is 1.73. The monoisotopic (exact) mass is 271 g/mol. The summed E-state index contributed by atoms with van der Waals surface area (Å²) < 4.78 is 5.74. The van der Waals surface area contributed by atoms with Gasteiger partial charge in [0, 0.05) is 29.4 Å². The van der Waals surface area contributed by atoms with E-state index in [4.69, 9.17) is 15.9 Å². The van der Waals surface area contributed by atoms with Gasteiger partial charge in [-0.05, 0) is 34.1 Å². The molecule has 0 heterocycles. The smallest absolute Gasteiger partial charge is 0.123 e. The van der Waals surface area contributed by atoms with Gasteiger partial charge in [-0.3, -0.25) is 5.41 Å². The molecule has 4 N–H and O–H groups in total. The van der Waals surface area contributed by atoms with Gasteiger partial charge in [0.05, 0.1) is 6.61 Å². The fraction of sp³-hybridized carbons (Fsp3) is 0.300. The van der Waals surface area contributed by atoms with Crippen molar-refractivity contribution in [2.45, 2.75) is 0 Å². The van der Waals surface area contributed by atoms with Crippen LogP contribution in [0.2, 0.25) is 0 Å². The molecule has 0 aliphatic rings. The second-order valence-electron chi connectivity index (χ2n) is 3.03. The number of rotatable bonds is 5. The van der Waals surface area contributed by atoms with E-state index in [1.807, 2.05) is 18.2 Å². The van der Waals surface area contributed by atoms with Crippen molar-refractivity contribution in [1.82, 2.24) is 0 Å². The Kier molecular flexibility index (Phi) is 4.58. The minimum absolute atomic E-state index is 0.0605. The number of hydrogen-bond acceptors (Lipinski definition) is 3. The molecule has 0 amide bonds. The molecule has 0 saturated heterocycles. The second-order valence-corrected chi connectivity index (χ2v) is 3.88. The van der Waals surface area contributed by atoms with Crippen molar-refractivity contribution in [1.29, 1.82) is 5.41 Å². The Morgan fingerprint density at radius 2 is 2.33 bits per heavy atom. The Labute approximate surface area is 97.4 Å². The van der Waals surface area contributed by atoms with Crippen molar-refractivity contribution in [3.8, 4) is 0 Å². The van der Waals surface area contributed by atoms with E-state index >= 15 is 0 Å². The molecule has 0 radical (unpaired) electrons. The molecule has 0 spiro atoms. The van der Waals surface area contributed by atoms with E-state index in [9.17, 15) is 0 Å². The minimum Gasteiger partial charge on any atom is -0.384 e. The first kappa shape index (κ1) is 12.0. The third-order valence-electron chi connectivity index (χ3n) is 1.89. The summed E-state index contributed by atoms with van der Waals surface area (Å²) in [6, 6.07) is 5.59. The Morgan fingerprint density at radius 1 is 1.60 bits per heavy atom. The Bertz CT molecular complexity index is 355. The third-order valence-corrected chi connectivity index (χ3v) is 2.55. The summed E-state index contributed by atoms with van der Waals surface area (Å²) in [5, 5.41) is 10.5. The van der Waals surface area contributed by atoms with Crippen LogP contribution in [-0.2, 0) is 4.74 Å². The SMILES string of the molecule is COCCNc1ccc(C(=N)N)c(Br)c1. The largest absolute Gasteiger partial charge is 0.384 e. The number of nitrogens with one attached hydrogen (secondary N) is 2. The van der Waals surface area contributed by atoms with Gasteiger partial charge >= 0.3 is 0 Å². The van der Waals surface area contributed by atoms with Crippen LogP contribution in [0.25, 0.3) is 0 Å². The minimum atomic E-state index is 0.0605. The zero-order chi connectivity index (χ0) is 11.3. The summed E-state index contributed by atoms with van der Waals surface area (Å²) >= 11 is 3.36. The van der Waals surface area contributed by atoms with E-state index in [1.165, 1.54) is 0 Å². The van der Waals surface area contributed by atoms with E-state index in [1.54, 1.807) is 7.11 Å². The maximum atomic E-state index is 7.32. The predicted octanol–water partition coefficient (Wildman–Crippen LogP) is 1.79. The molecule has 0 aliphatic carbocycles. The van der Waals surface area contributed by atoms with Gasteiger partial charge < -0.3 is 15.8 Å². The molecule has 0 bridgehead atoms. The summed E-state index contributed by atoms with van der Waals surface area (Å²) in [6.45, 7) is 1.41. The van der Waals surface area contributed by atoms with Gasteiger partial charge in [0.15, 0.2) is 0 Å². The molecule has 0 unspecified atom stereocenters. The maximum Gasteiger partial charge on any atom is 0.123 e. The fourth-order valence-electron chi connectivity index (χ4n) is 1.14. The molecule has 0 saturated carbocycles. The molecule has 1 aromatic carbocycles. The Balaban J connectivity index is 2.69. The van der Waals surface area contributed by atoms with Crippen LogP contribution in [0.1, 0.15) is 5.56 Å². The zero-order valence-electron chi connectivity index (χ0n) is 8.51. The molecule has 1 aromatic rings. The average molecular weight is 272 g/mol. The number of ether oxygens (including phenoxy) is 1. The molecule has 0 aromatic heterocycles. The molecule has 15 heavy (non-hydrogen) atoms. The van der Waals surface area contributed by atoms with Crippen LogP contribution in [0.15, 0.2) is 22.7 Å². The quantitative estimate of drug-likeness (QED) is 0.435. The number of anilines is 1. The van der Waals surface area contributed by atoms with E-state index in [0.29, 0.717) is 12.2 Å². The first-order valence-electron chi connectivity index (χ1n) is 4.52. The molecule has 0 aliphatic heterocycles. The van der Waals surface area contributed by atoms with E-state index in [0.717, 1.165) is 16.7 Å². The van der Waals surface area contributed by atoms with Crippen molar-refractivity contribution in [2.24, 2.45) is 5.73 Å². The lowest BCUT2D eigenvalue weighted by Crippen LogP contribution is -2.12.